The zero-order valence-electron chi connectivity index (χ0n) is 12.2. The van der Waals surface area contributed by atoms with Crippen LogP contribution in [0.4, 0.5) is 22.0 Å². The van der Waals surface area contributed by atoms with Crippen LogP contribution < -0.4 is 5.56 Å². The maximum absolute atomic E-state index is 13.8. The highest BCUT2D eigenvalue weighted by atomic mass is 19.4. The summed E-state index contributed by atoms with van der Waals surface area (Å²) >= 11 is 0. The molecular formula is C15H8F5N3O2. The van der Waals surface area contributed by atoms with Crippen LogP contribution in [0.15, 0.2) is 39.8 Å². The Labute approximate surface area is 136 Å². The smallest absolute Gasteiger partial charge is 0.329 e. The number of nitrogens with zero attached hydrogens (tertiary/aromatic N) is 2. The minimum atomic E-state index is -4.85. The molecule has 0 saturated heterocycles. The Morgan fingerprint density at radius 2 is 1.92 bits per heavy atom. The first-order chi connectivity index (χ1) is 11.8. The number of aromatic amines is 1. The normalized spacial score (nSPS) is 11.7. The van der Waals surface area contributed by atoms with Gasteiger partial charge in [0.2, 0.25) is 5.82 Å². The van der Waals surface area contributed by atoms with Crippen molar-refractivity contribution in [3.8, 4) is 11.4 Å². The molecule has 3 rings (SSSR count). The van der Waals surface area contributed by atoms with Gasteiger partial charge in [0.25, 0.3) is 5.56 Å². The number of pyridine rings is 1. The van der Waals surface area contributed by atoms with Crippen LogP contribution in [0.25, 0.3) is 11.4 Å². The van der Waals surface area contributed by atoms with Gasteiger partial charge in [0.1, 0.15) is 11.6 Å². The molecule has 0 spiro atoms. The first-order valence-corrected chi connectivity index (χ1v) is 6.81. The van der Waals surface area contributed by atoms with E-state index in [-0.39, 0.29) is 23.1 Å². The second-order valence-corrected chi connectivity index (χ2v) is 5.03. The van der Waals surface area contributed by atoms with E-state index < -0.39 is 35.1 Å². The lowest BCUT2D eigenvalue weighted by Gasteiger charge is -2.07. The molecule has 0 saturated carbocycles. The minimum absolute atomic E-state index is 0.0772. The van der Waals surface area contributed by atoms with E-state index in [1.807, 2.05) is 0 Å². The Morgan fingerprint density at radius 1 is 1.16 bits per heavy atom. The molecule has 0 aliphatic heterocycles. The predicted octanol–water partition coefficient (Wildman–Crippen LogP) is 3.31. The van der Waals surface area contributed by atoms with Gasteiger partial charge in [0.15, 0.2) is 0 Å². The number of halogens is 5. The lowest BCUT2D eigenvalue weighted by Crippen LogP contribution is -2.15. The van der Waals surface area contributed by atoms with Gasteiger partial charge in [-0.15, -0.1) is 0 Å². The highest BCUT2D eigenvalue weighted by Gasteiger charge is 2.38. The number of nitrogens with one attached hydrogen (secondary N) is 1. The fourth-order valence-electron chi connectivity index (χ4n) is 2.21. The molecule has 0 atom stereocenters. The van der Waals surface area contributed by atoms with E-state index in [0.717, 1.165) is 18.2 Å². The Hall–Kier alpha value is -3.04. The van der Waals surface area contributed by atoms with Gasteiger partial charge >= 0.3 is 12.1 Å². The van der Waals surface area contributed by atoms with Gasteiger partial charge in [-0.25, -0.2) is 8.78 Å². The molecule has 0 amide bonds. The molecule has 1 N–H and O–H groups in total. The third-order valence-electron chi connectivity index (χ3n) is 3.35. The summed E-state index contributed by atoms with van der Waals surface area (Å²) < 4.78 is 69.0. The van der Waals surface area contributed by atoms with E-state index in [4.69, 9.17) is 0 Å². The van der Waals surface area contributed by atoms with Gasteiger partial charge in [-0.2, -0.15) is 18.2 Å². The molecule has 2 aromatic heterocycles. The van der Waals surface area contributed by atoms with Gasteiger partial charge < -0.3 is 9.51 Å². The van der Waals surface area contributed by atoms with Crippen molar-refractivity contribution in [2.24, 2.45) is 0 Å². The highest BCUT2D eigenvalue weighted by Crippen LogP contribution is 2.30. The third-order valence-corrected chi connectivity index (χ3v) is 3.35. The molecule has 0 radical (unpaired) electrons. The van der Waals surface area contributed by atoms with Gasteiger partial charge in [-0.1, -0.05) is 5.16 Å². The molecule has 0 fully saturated rings. The Balaban J connectivity index is 2.08. The van der Waals surface area contributed by atoms with Crippen LogP contribution in [0.2, 0.25) is 0 Å². The van der Waals surface area contributed by atoms with E-state index in [0.29, 0.717) is 0 Å². The van der Waals surface area contributed by atoms with Crippen LogP contribution in [0.5, 0.6) is 0 Å². The fraction of sp³-hybridized carbons (Fsp3) is 0.133. The SMILES string of the molecule is O=c1[nH]ccc(-c2noc(C(F)(F)F)n2)c1Cc1cc(F)ccc1F. The Kier molecular flexibility index (Phi) is 4.11. The third kappa shape index (κ3) is 3.42. The van der Waals surface area contributed by atoms with Crippen LogP contribution in [0, 0.1) is 11.6 Å². The van der Waals surface area contributed by atoms with Gasteiger partial charge in [-0.3, -0.25) is 4.79 Å². The summed E-state index contributed by atoms with van der Waals surface area (Å²) in [5.74, 6) is -3.54. The van der Waals surface area contributed by atoms with Crippen molar-refractivity contribution in [2.75, 3.05) is 0 Å². The molecule has 0 unspecified atom stereocenters. The van der Waals surface area contributed by atoms with Crippen LogP contribution in [0.3, 0.4) is 0 Å². The number of rotatable bonds is 3. The molecule has 1 aromatic carbocycles. The number of hydrogen-bond donors (Lipinski definition) is 1. The summed E-state index contributed by atoms with van der Waals surface area (Å²) in [6, 6.07) is 3.93. The zero-order valence-corrected chi connectivity index (χ0v) is 12.2. The Morgan fingerprint density at radius 3 is 2.60 bits per heavy atom. The summed E-state index contributed by atoms with van der Waals surface area (Å²) in [6.45, 7) is 0. The molecule has 130 valence electrons. The summed E-state index contributed by atoms with van der Waals surface area (Å²) in [6.07, 6.45) is -4.04. The number of H-pyrrole nitrogens is 1. The number of hydrogen-bond acceptors (Lipinski definition) is 4. The monoisotopic (exact) mass is 357 g/mol. The second kappa shape index (κ2) is 6.11. The molecule has 0 aliphatic carbocycles. The van der Waals surface area contributed by atoms with Gasteiger partial charge in [-0.05, 0) is 29.8 Å². The standard InChI is InChI=1S/C15H8F5N3O2/c16-8-1-2-11(17)7(5-8)6-10-9(3-4-21-13(10)24)12-22-14(25-23-12)15(18,19)20/h1-5H,6H2,(H,21,24). The minimum Gasteiger partial charge on any atom is -0.329 e. The van der Waals surface area contributed by atoms with E-state index in [1.165, 1.54) is 12.3 Å². The zero-order chi connectivity index (χ0) is 18.2. The quantitative estimate of drug-likeness (QED) is 0.730. The fourth-order valence-corrected chi connectivity index (χ4v) is 2.21. The molecule has 0 aliphatic rings. The van der Waals surface area contributed by atoms with Gasteiger partial charge in [0, 0.05) is 23.7 Å². The lowest BCUT2D eigenvalue weighted by atomic mass is 10.0. The summed E-state index contributed by atoms with van der Waals surface area (Å²) in [5.41, 5.74) is -1.04. The van der Waals surface area contributed by atoms with Crippen LogP contribution in [-0.4, -0.2) is 15.1 Å². The molecule has 3 aromatic rings. The molecule has 5 nitrogen and oxygen atoms in total. The van der Waals surface area contributed by atoms with Crippen LogP contribution >= 0.6 is 0 Å². The van der Waals surface area contributed by atoms with Crippen molar-refractivity contribution < 1.29 is 26.5 Å². The molecule has 25 heavy (non-hydrogen) atoms. The number of benzene rings is 1. The predicted molar refractivity (Wildman–Crippen MR) is 74.5 cm³/mol. The lowest BCUT2D eigenvalue weighted by molar-refractivity contribution is -0.159. The molecule has 0 bridgehead atoms. The molecule has 2 heterocycles. The summed E-state index contributed by atoms with van der Waals surface area (Å²) in [4.78, 5) is 17.6. The average molecular weight is 357 g/mol. The molecular weight excluding hydrogens is 349 g/mol. The summed E-state index contributed by atoms with van der Waals surface area (Å²) in [7, 11) is 0. The van der Waals surface area contributed by atoms with Gasteiger partial charge in [0.05, 0.1) is 0 Å². The van der Waals surface area contributed by atoms with Crippen molar-refractivity contribution in [1.29, 1.82) is 0 Å². The van der Waals surface area contributed by atoms with E-state index in [9.17, 15) is 26.7 Å². The largest absolute Gasteiger partial charge is 0.471 e. The van der Waals surface area contributed by atoms with E-state index in [1.54, 1.807) is 0 Å². The number of aromatic nitrogens is 3. The molecule has 10 heteroatoms. The van der Waals surface area contributed by atoms with Crippen molar-refractivity contribution in [1.82, 2.24) is 15.1 Å². The van der Waals surface area contributed by atoms with Crippen LogP contribution in [-0.2, 0) is 12.6 Å². The maximum atomic E-state index is 13.8. The Bertz CT molecular complexity index is 978. The number of alkyl halides is 3. The summed E-state index contributed by atoms with van der Waals surface area (Å²) in [5, 5.41) is 3.21. The second-order valence-electron chi connectivity index (χ2n) is 5.03. The van der Waals surface area contributed by atoms with Crippen LogP contribution in [0.1, 0.15) is 17.0 Å². The highest BCUT2D eigenvalue weighted by molar-refractivity contribution is 5.59. The first-order valence-electron chi connectivity index (χ1n) is 6.81. The topological polar surface area (TPSA) is 71.8 Å². The van der Waals surface area contributed by atoms with Crippen molar-refractivity contribution >= 4 is 0 Å². The van der Waals surface area contributed by atoms with E-state index in [2.05, 4.69) is 19.6 Å². The average Bonchev–Trinajstić information content (AvgIpc) is 3.03. The first kappa shape index (κ1) is 16.8. The van der Waals surface area contributed by atoms with E-state index >= 15 is 0 Å². The van der Waals surface area contributed by atoms with Crippen molar-refractivity contribution in [3.05, 3.63) is 69.5 Å². The van der Waals surface area contributed by atoms with Crippen molar-refractivity contribution in [3.63, 3.8) is 0 Å². The van der Waals surface area contributed by atoms with Crippen molar-refractivity contribution in [2.45, 2.75) is 12.6 Å². The maximum Gasteiger partial charge on any atom is 0.471 e.